The number of nitrogens with two attached hydrogens (primary N) is 1. The first kappa shape index (κ1) is 11.8. The van der Waals surface area contributed by atoms with Crippen LogP contribution in [-0.4, -0.2) is 17.1 Å². The lowest BCUT2D eigenvalue weighted by Crippen LogP contribution is -2.19. The molecule has 0 aliphatic heterocycles. The molecular weight excluding hydrogens is 218 g/mol. The first-order valence-corrected chi connectivity index (χ1v) is 5.96. The zero-order valence-corrected chi connectivity index (χ0v) is 9.69. The van der Waals surface area contributed by atoms with Crippen molar-refractivity contribution in [3.8, 4) is 11.5 Å². The van der Waals surface area contributed by atoms with Crippen LogP contribution >= 0.6 is 0 Å². The highest BCUT2D eigenvalue weighted by Gasteiger charge is 2.16. The number of carbonyl (C=O) groups excluding carboxylic acids is 1. The Morgan fingerprint density at radius 2 is 2.00 bits per heavy atom. The predicted molar refractivity (Wildman–Crippen MR) is 64.1 cm³/mol. The van der Waals surface area contributed by atoms with Gasteiger partial charge in [0.05, 0.1) is 6.10 Å². The Balaban J connectivity index is 2.08. The molecule has 0 radical (unpaired) electrons. The summed E-state index contributed by atoms with van der Waals surface area (Å²) in [5, 5.41) is 9.74. The van der Waals surface area contributed by atoms with Crippen molar-refractivity contribution in [3.63, 3.8) is 0 Å². The van der Waals surface area contributed by atoms with Gasteiger partial charge in [0.25, 0.3) is 0 Å². The Labute approximate surface area is 100 Å². The van der Waals surface area contributed by atoms with Gasteiger partial charge < -0.3 is 15.6 Å². The first-order chi connectivity index (χ1) is 8.16. The summed E-state index contributed by atoms with van der Waals surface area (Å²) < 4.78 is 5.72. The van der Waals surface area contributed by atoms with Crippen molar-refractivity contribution in [3.05, 3.63) is 23.8 Å². The molecule has 1 aromatic carbocycles. The molecule has 0 bridgehead atoms. The maximum Gasteiger partial charge on any atom is 0.248 e. The van der Waals surface area contributed by atoms with Crippen LogP contribution in [0.15, 0.2) is 18.2 Å². The molecule has 1 aromatic rings. The van der Waals surface area contributed by atoms with Gasteiger partial charge in [-0.1, -0.05) is 6.42 Å². The van der Waals surface area contributed by atoms with Crippen molar-refractivity contribution in [2.24, 2.45) is 5.73 Å². The molecule has 3 N–H and O–H groups in total. The molecule has 0 saturated heterocycles. The second-order valence-corrected chi connectivity index (χ2v) is 4.42. The van der Waals surface area contributed by atoms with Crippen LogP contribution in [0, 0.1) is 0 Å². The van der Waals surface area contributed by atoms with E-state index in [0.717, 1.165) is 12.8 Å². The minimum absolute atomic E-state index is 0.0214. The van der Waals surface area contributed by atoms with Crippen LogP contribution in [0.25, 0.3) is 0 Å². The number of phenolic OH excluding ortho intramolecular Hbond substituents is 1. The fourth-order valence-electron chi connectivity index (χ4n) is 2.13. The van der Waals surface area contributed by atoms with Crippen LogP contribution in [0.1, 0.15) is 42.5 Å². The smallest absolute Gasteiger partial charge is 0.248 e. The van der Waals surface area contributed by atoms with E-state index >= 15 is 0 Å². The monoisotopic (exact) mass is 235 g/mol. The molecule has 17 heavy (non-hydrogen) atoms. The van der Waals surface area contributed by atoms with Crippen LogP contribution in [0.5, 0.6) is 11.5 Å². The van der Waals surface area contributed by atoms with Crippen LogP contribution in [-0.2, 0) is 0 Å². The van der Waals surface area contributed by atoms with E-state index in [1.165, 1.54) is 25.3 Å². The fraction of sp³-hybridized carbons (Fsp3) is 0.462. The molecule has 1 aliphatic rings. The number of amides is 1. The van der Waals surface area contributed by atoms with Gasteiger partial charge in [-0.3, -0.25) is 4.79 Å². The number of benzene rings is 1. The van der Waals surface area contributed by atoms with Gasteiger partial charge in [-0.15, -0.1) is 0 Å². The number of phenols is 1. The van der Waals surface area contributed by atoms with Gasteiger partial charge in [0.1, 0.15) is 0 Å². The van der Waals surface area contributed by atoms with E-state index < -0.39 is 5.91 Å². The van der Waals surface area contributed by atoms with Crippen LogP contribution in [0.3, 0.4) is 0 Å². The SMILES string of the molecule is NC(=O)c1ccc(OC2CCCCC2)c(O)c1. The average molecular weight is 235 g/mol. The highest BCUT2D eigenvalue weighted by molar-refractivity contribution is 5.93. The maximum atomic E-state index is 10.9. The summed E-state index contributed by atoms with van der Waals surface area (Å²) >= 11 is 0. The zero-order chi connectivity index (χ0) is 12.3. The molecule has 4 nitrogen and oxygen atoms in total. The molecule has 92 valence electrons. The van der Waals surface area contributed by atoms with Gasteiger partial charge in [-0.05, 0) is 43.9 Å². The largest absolute Gasteiger partial charge is 0.504 e. The number of primary amides is 1. The number of rotatable bonds is 3. The predicted octanol–water partition coefficient (Wildman–Crippen LogP) is 2.20. The summed E-state index contributed by atoms with van der Waals surface area (Å²) in [5.74, 6) is -0.140. The first-order valence-electron chi connectivity index (χ1n) is 5.96. The van der Waals surface area contributed by atoms with E-state index in [1.54, 1.807) is 12.1 Å². The van der Waals surface area contributed by atoms with Gasteiger partial charge in [0, 0.05) is 5.56 Å². The Kier molecular flexibility index (Phi) is 3.52. The van der Waals surface area contributed by atoms with Crippen LogP contribution in [0.4, 0.5) is 0 Å². The molecule has 0 heterocycles. The highest BCUT2D eigenvalue weighted by Crippen LogP contribution is 2.30. The second-order valence-electron chi connectivity index (χ2n) is 4.42. The Bertz CT molecular complexity index is 411. The van der Waals surface area contributed by atoms with Gasteiger partial charge in [0.15, 0.2) is 11.5 Å². The minimum Gasteiger partial charge on any atom is -0.504 e. The minimum atomic E-state index is -0.551. The molecule has 1 amide bonds. The maximum absolute atomic E-state index is 10.9. The average Bonchev–Trinajstić information content (AvgIpc) is 2.33. The van der Waals surface area contributed by atoms with Crippen LogP contribution in [0.2, 0.25) is 0 Å². The van der Waals surface area contributed by atoms with E-state index in [0.29, 0.717) is 11.3 Å². The van der Waals surface area contributed by atoms with Gasteiger partial charge in [-0.2, -0.15) is 0 Å². The number of ether oxygens (including phenoxy) is 1. The molecular formula is C13H17NO3. The summed E-state index contributed by atoms with van der Waals surface area (Å²) in [6.07, 6.45) is 5.82. The quantitative estimate of drug-likeness (QED) is 0.843. The van der Waals surface area contributed by atoms with Gasteiger partial charge in [-0.25, -0.2) is 0 Å². The van der Waals surface area contributed by atoms with Crippen molar-refractivity contribution in [2.75, 3.05) is 0 Å². The number of hydrogen-bond donors (Lipinski definition) is 2. The summed E-state index contributed by atoms with van der Waals surface area (Å²) in [5.41, 5.74) is 5.42. The van der Waals surface area contributed by atoms with E-state index in [9.17, 15) is 9.90 Å². The van der Waals surface area contributed by atoms with Crippen LogP contribution < -0.4 is 10.5 Å². The van der Waals surface area contributed by atoms with Gasteiger partial charge >= 0.3 is 0 Å². The van der Waals surface area contributed by atoms with Crippen molar-refractivity contribution in [1.29, 1.82) is 0 Å². The fourth-order valence-corrected chi connectivity index (χ4v) is 2.13. The van der Waals surface area contributed by atoms with Crippen molar-refractivity contribution in [1.82, 2.24) is 0 Å². The molecule has 0 spiro atoms. The summed E-state index contributed by atoms with van der Waals surface area (Å²) in [6.45, 7) is 0. The number of carbonyl (C=O) groups is 1. The standard InChI is InChI=1S/C13H17NO3/c14-13(16)9-6-7-12(11(15)8-9)17-10-4-2-1-3-5-10/h6-8,10,15H,1-5H2,(H2,14,16). The molecule has 1 fully saturated rings. The topological polar surface area (TPSA) is 72.6 Å². The molecule has 1 aliphatic carbocycles. The lowest BCUT2D eigenvalue weighted by atomic mass is 9.98. The highest BCUT2D eigenvalue weighted by atomic mass is 16.5. The summed E-state index contributed by atoms with van der Waals surface area (Å²) in [4.78, 5) is 10.9. The molecule has 1 saturated carbocycles. The third kappa shape index (κ3) is 2.90. The van der Waals surface area contributed by atoms with Crippen molar-refractivity contribution >= 4 is 5.91 Å². The van der Waals surface area contributed by atoms with Crippen molar-refractivity contribution in [2.45, 2.75) is 38.2 Å². The summed E-state index contributed by atoms with van der Waals surface area (Å²) in [7, 11) is 0. The van der Waals surface area contributed by atoms with Crippen molar-refractivity contribution < 1.29 is 14.6 Å². The molecule has 0 aromatic heterocycles. The zero-order valence-electron chi connectivity index (χ0n) is 9.69. The molecule has 0 unspecified atom stereocenters. The van der Waals surface area contributed by atoms with E-state index in [1.807, 2.05) is 0 Å². The Hall–Kier alpha value is -1.71. The second kappa shape index (κ2) is 5.08. The number of aromatic hydroxyl groups is 1. The van der Waals surface area contributed by atoms with E-state index in [2.05, 4.69) is 0 Å². The van der Waals surface area contributed by atoms with E-state index in [4.69, 9.17) is 10.5 Å². The lowest BCUT2D eigenvalue weighted by Gasteiger charge is -2.23. The van der Waals surface area contributed by atoms with E-state index in [-0.39, 0.29) is 11.9 Å². The number of hydrogen-bond acceptors (Lipinski definition) is 3. The third-order valence-corrected chi connectivity index (χ3v) is 3.09. The molecule has 0 atom stereocenters. The normalized spacial score (nSPS) is 16.7. The lowest BCUT2D eigenvalue weighted by molar-refractivity contribution is 0.0999. The molecule has 2 rings (SSSR count). The van der Waals surface area contributed by atoms with Gasteiger partial charge in [0.2, 0.25) is 5.91 Å². The molecule has 4 heteroatoms. The Morgan fingerprint density at radius 1 is 1.29 bits per heavy atom. The third-order valence-electron chi connectivity index (χ3n) is 3.09. The summed E-state index contributed by atoms with van der Waals surface area (Å²) in [6, 6.07) is 4.52. The Morgan fingerprint density at radius 3 is 2.59 bits per heavy atom.